The highest BCUT2D eigenvalue weighted by atomic mass is 32.2. The lowest BCUT2D eigenvalue weighted by atomic mass is 10.2. The van der Waals surface area contributed by atoms with Crippen molar-refractivity contribution < 1.29 is 13.5 Å². The quantitative estimate of drug-likeness (QED) is 0.587. The number of nitrogens with two attached hydrogens (primary N) is 1. The van der Waals surface area contributed by atoms with Crippen LogP contribution < -0.4 is 5.73 Å². The molecule has 0 amide bonds. The topological polar surface area (TPSA) is 86.9 Å². The van der Waals surface area contributed by atoms with E-state index >= 15 is 0 Å². The van der Waals surface area contributed by atoms with Gasteiger partial charge in [-0.2, -0.15) is 4.31 Å². The lowest BCUT2D eigenvalue weighted by Gasteiger charge is -2.26. The first-order valence-electron chi connectivity index (χ1n) is 6.39. The smallest absolute Gasteiger partial charge is 0.214 e. The summed E-state index contributed by atoms with van der Waals surface area (Å²) >= 11 is 0. The van der Waals surface area contributed by atoms with Crippen LogP contribution >= 0.6 is 0 Å². The molecule has 0 aromatic heterocycles. The van der Waals surface area contributed by atoms with Crippen LogP contribution in [0.1, 0.15) is 19.3 Å². The van der Waals surface area contributed by atoms with Gasteiger partial charge >= 0.3 is 0 Å². The molecule has 3 N–H and O–H groups in total. The van der Waals surface area contributed by atoms with Gasteiger partial charge in [-0.1, -0.05) is 0 Å². The third-order valence-electron chi connectivity index (χ3n) is 3.13. The normalized spacial score (nSPS) is 26.1. The Kier molecular flexibility index (Phi) is 6.00. The summed E-state index contributed by atoms with van der Waals surface area (Å²) in [5, 5.41) is 9.67. The standard InChI is InChI=1S/C11H25N3O3S/c1-13(2)8-10-7-11(15)9-14(10)18(16,17)6-4-3-5-12/h10-11,15H,3-9,12H2,1-2H3. The number of rotatable bonds is 7. The Morgan fingerprint density at radius 2 is 2.06 bits per heavy atom. The highest BCUT2D eigenvalue weighted by Crippen LogP contribution is 2.22. The molecule has 1 rings (SSSR count). The van der Waals surface area contributed by atoms with Gasteiger partial charge in [0.1, 0.15) is 0 Å². The molecule has 0 saturated carbocycles. The van der Waals surface area contributed by atoms with E-state index < -0.39 is 16.1 Å². The molecule has 6 nitrogen and oxygen atoms in total. The Morgan fingerprint density at radius 1 is 1.39 bits per heavy atom. The van der Waals surface area contributed by atoms with Crippen LogP contribution in [0.3, 0.4) is 0 Å². The molecule has 0 aromatic carbocycles. The molecule has 2 atom stereocenters. The summed E-state index contributed by atoms with van der Waals surface area (Å²) in [6.45, 7) is 1.38. The van der Waals surface area contributed by atoms with Gasteiger partial charge < -0.3 is 15.7 Å². The van der Waals surface area contributed by atoms with Gasteiger partial charge in [-0.3, -0.25) is 0 Å². The minimum absolute atomic E-state index is 0.113. The molecule has 1 fully saturated rings. The Hall–Kier alpha value is -0.210. The van der Waals surface area contributed by atoms with Crippen molar-refractivity contribution in [2.24, 2.45) is 5.73 Å². The first-order chi connectivity index (χ1) is 8.36. The maximum atomic E-state index is 12.2. The van der Waals surface area contributed by atoms with E-state index in [0.717, 1.165) is 0 Å². The van der Waals surface area contributed by atoms with E-state index in [0.29, 0.717) is 32.4 Å². The number of unbranched alkanes of at least 4 members (excludes halogenated alkanes) is 1. The number of hydrogen-bond acceptors (Lipinski definition) is 5. The van der Waals surface area contributed by atoms with Crippen LogP contribution in [0.15, 0.2) is 0 Å². The van der Waals surface area contributed by atoms with Crippen molar-refractivity contribution in [3.8, 4) is 0 Å². The van der Waals surface area contributed by atoms with Gasteiger partial charge in [-0.15, -0.1) is 0 Å². The first kappa shape index (κ1) is 15.8. The summed E-state index contributed by atoms with van der Waals surface area (Å²) < 4.78 is 25.9. The number of sulfonamides is 1. The molecule has 7 heteroatoms. The van der Waals surface area contributed by atoms with Gasteiger partial charge in [0, 0.05) is 19.1 Å². The van der Waals surface area contributed by atoms with Crippen molar-refractivity contribution in [2.45, 2.75) is 31.4 Å². The summed E-state index contributed by atoms with van der Waals surface area (Å²) in [4.78, 5) is 1.95. The fourth-order valence-corrected chi connectivity index (χ4v) is 4.15. The zero-order valence-electron chi connectivity index (χ0n) is 11.2. The van der Waals surface area contributed by atoms with Gasteiger partial charge in [-0.05, 0) is 39.9 Å². The van der Waals surface area contributed by atoms with Crippen LogP contribution in [0.5, 0.6) is 0 Å². The van der Waals surface area contributed by atoms with Gasteiger partial charge in [0.15, 0.2) is 0 Å². The van der Waals surface area contributed by atoms with Crippen molar-refractivity contribution in [2.75, 3.05) is 39.5 Å². The lowest BCUT2D eigenvalue weighted by Crippen LogP contribution is -2.42. The predicted octanol–water partition coefficient (Wildman–Crippen LogP) is -0.948. The van der Waals surface area contributed by atoms with Crippen molar-refractivity contribution >= 4 is 10.0 Å². The third-order valence-corrected chi connectivity index (χ3v) is 5.10. The van der Waals surface area contributed by atoms with Gasteiger partial charge in [0.05, 0.1) is 11.9 Å². The Morgan fingerprint density at radius 3 is 2.61 bits per heavy atom. The van der Waals surface area contributed by atoms with E-state index in [2.05, 4.69) is 0 Å². The van der Waals surface area contributed by atoms with Gasteiger partial charge in [0.25, 0.3) is 0 Å². The molecule has 0 aliphatic carbocycles. The number of nitrogens with zero attached hydrogens (tertiary/aromatic N) is 2. The Labute approximate surface area is 110 Å². The van der Waals surface area contributed by atoms with Crippen LogP contribution in [0, 0.1) is 0 Å². The number of aliphatic hydroxyl groups is 1. The molecule has 0 aromatic rings. The second-order valence-corrected chi connectivity index (χ2v) is 7.23. The van der Waals surface area contributed by atoms with E-state index in [1.165, 1.54) is 4.31 Å². The second kappa shape index (κ2) is 6.81. The number of aliphatic hydroxyl groups excluding tert-OH is 1. The van der Waals surface area contributed by atoms with Crippen LogP contribution in [-0.4, -0.2) is 74.4 Å². The zero-order chi connectivity index (χ0) is 13.8. The molecule has 1 aliphatic rings. The number of likely N-dealkylation sites (N-methyl/N-ethyl adjacent to an activating group) is 1. The minimum Gasteiger partial charge on any atom is -0.392 e. The van der Waals surface area contributed by atoms with Crippen LogP contribution in [-0.2, 0) is 10.0 Å². The van der Waals surface area contributed by atoms with Crippen molar-refractivity contribution in [3.63, 3.8) is 0 Å². The summed E-state index contributed by atoms with van der Waals surface area (Å²) in [7, 11) is 0.544. The summed E-state index contributed by atoms with van der Waals surface area (Å²) in [6.07, 6.45) is 1.28. The molecule has 18 heavy (non-hydrogen) atoms. The summed E-state index contributed by atoms with van der Waals surface area (Å²) in [5.74, 6) is 0.126. The largest absolute Gasteiger partial charge is 0.392 e. The summed E-state index contributed by atoms with van der Waals surface area (Å²) in [5.41, 5.74) is 5.37. The van der Waals surface area contributed by atoms with E-state index in [4.69, 9.17) is 5.73 Å². The first-order valence-corrected chi connectivity index (χ1v) is 8.00. The van der Waals surface area contributed by atoms with Crippen molar-refractivity contribution in [3.05, 3.63) is 0 Å². The lowest BCUT2D eigenvalue weighted by molar-refractivity contribution is 0.188. The number of hydrogen-bond donors (Lipinski definition) is 2. The highest BCUT2D eigenvalue weighted by Gasteiger charge is 2.38. The molecular weight excluding hydrogens is 254 g/mol. The fourth-order valence-electron chi connectivity index (χ4n) is 2.34. The molecular formula is C11H25N3O3S. The van der Waals surface area contributed by atoms with Crippen LogP contribution in [0.4, 0.5) is 0 Å². The SMILES string of the molecule is CN(C)CC1CC(O)CN1S(=O)(=O)CCCCN. The average Bonchev–Trinajstić information content (AvgIpc) is 2.59. The minimum atomic E-state index is -3.27. The van der Waals surface area contributed by atoms with Crippen LogP contribution in [0.25, 0.3) is 0 Å². The summed E-state index contributed by atoms with van der Waals surface area (Å²) in [6, 6.07) is -0.113. The zero-order valence-corrected chi connectivity index (χ0v) is 12.1. The maximum absolute atomic E-state index is 12.2. The van der Waals surface area contributed by atoms with Gasteiger partial charge in [-0.25, -0.2) is 8.42 Å². The van der Waals surface area contributed by atoms with E-state index in [1.54, 1.807) is 0 Å². The molecule has 1 aliphatic heterocycles. The number of β-amino-alcohol motifs (C(OH)–C–C–N with tert-alkyl or cyclic N) is 1. The second-order valence-electron chi connectivity index (χ2n) is 5.19. The van der Waals surface area contributed by atoms with E-state index in [9.17, 15) is 13.5 Å². The average molecular weight is 279 g/mol. The molecule has 0 spiro atoms. The van der Waals surface area contributed by atoms with E-state index in [-0.39, 0.29) is 18.3 Å². The Balaban J connectivity index is 2.65. The highest BCUT2D eigenvalue weighted by molar-refractivity contribution is 7.89. The molecule has 0 radical (unpaired) electrons. The molecule has 2 unspecified atom stereocenters. The fraction of sp³-hybridized carbons (Fsp3) is 1.00. The molecule has 1 saturated heterocycles. The van der Waals surface area contributed by atoms with Crippen LogP contribution in [0.2, 0.25) is 0 Å². The monoisotopic (exact) mass is 279 g/mol. The molecule has 108 valence electrons. The molecule has 1 heterocycles. The van der Waals surface area contributed by atoms with Crippen molar-refractivity contribution in [1.29, 1.82) is 0 Å². The van der Waals surface area contributed by atoms with Gasteiger partial charge in [0.2, 0.25) is 10.0 Å². The predicted molar refractivity (Wildman–Crippen MR) is 71.7 cm³/mol. The molecule has 0 bridgehead atoms. The maximum Gasteiger partial charge on any atom is 0.214 e. The third kappa shape index (κ3) is 4.47. The Bertz CT molecular complexity index is 345. The van der Waals surface area contributed by atoms with Crippen molar-refractivity contribution in [1.82, 2.24) is 9.21 Å². The van der Waals surface area contributed by atoms with E-state index in [1.807, 2.05) is 19.0 Å².